The van der Waals surface area contributed by atoms with Crippen molar-refractivity contribution in [2.45, 2.75) is 6.54 Å². The topological polar surface area (TPSA) is 49.8 Å². The van der Waals surface area contributed by atoms with Crippen molar-refractivity contribution in [2.24, 2.45) is 5.73 Å². The molecular formula is C8H8ClFN2. The van der Waals surface area contributed by atoms with E-state index in [9.17, 15) is 4.39 Å². The zero-order valence-corrected chi connectivity index (χ0v) is 7.07. The van der Waals surface area contributed by atoms with E-state index in [1.807, 2.05) is 0 Å². The Bertz CT molecular complexity index is 306. The Morgan fingerprint density at radius 1 is 1.50 bits per heavy atom. The van der Waals surface area contributed by atoms with Crippen LogP contribution in [-0.2, 0) is 6.54 Å². The average molecular weight is 187 g/mol. The van der Waals surface area contributed by atoms with E-state index in [-0.39, 0.29) is 24.5 Å². The van der Waals surface area contributed by atoms with Crippen molar-refractivity contribution >= 4 is 12.4 Å². The fourth-order valence-electron chi connectivity index (χ4n) is 0.824. The van der Waals surface area contributed by atoms with Gasteiger partial charge in [-0.05, 0) is 6.07 Å². The van der Waals surface area contributed by atoms with Crippen molar-refractivity contribution in [3.05, 3.63) is 35.1 Å². The molecule has 1 aromatic carbocycles. The molecule has 1 rings (SSSR count). The molecule has 0 aliphatic carbocycles. The van der Waals surface area contributed by atoms with Crippen LogP contribution in [-0.4, -0.2) is 0 Å². The fourth-order valence-corrected chi connectivity index (χ4v) is 0.824. The molecule has 0 radical (unpaired) electrons. The number of nitrogens with two attached hydrogens (primary N) is 1. The Balaban J connectivity index is 0.00000121. The number of rotatable bonds is 1. The molecule has 2 N–H and O–H groups in total. The second kappa shape index (κ2) is 4.70. The van der Waals surface area contributed by atoms with Crippen LogP contribution in [0, 0.1) is 17.1 Å². The first-order chi connectivity index (χ1) is 5.29. The number of nitriles is 1. The highest BCUT2D eigenvalue weighted by Gasteiger charge is 2.04. The van der Waals surface area contributed by atoms with E-state index in [1.54, 1.807) is 18.2 Å². The molecule has 0 saturated heterocycles. The number of nitrogens with zero attached hydrogens (tertiary/aromatic N) is 1. The van der Waals surface area contributed by atoms with E-state index >= 15 is 0 Å². The van der Waals surface area contributed by atoms with E-state index in [1.165, 1.54) is 6.07 Å². The lowest BCUT2D eigenvalue weighted by Gasteiger charge is -1.98. The molecular weight excluding hydrogens is 179 g/mol. The van der Waals surface area contributed by atoms with Crippen molar-refractivity contribution in [3.63, 3.8) is 0 Å². The molecule has 0 bridgehead atoms. The molecule has 64 valence electrons. The van der Waals surface area contributed by atoms with Crippen LogP contribution in [0.15, 0.2) is 18.2 Å². The molecule has 12 heavy (non-hydrogen) atoms. The van der Waals surface area contributed by atoms with Crippen molar-refractivity contribution < 1.29 is 4.39 Å². The van der Waals surface area contributed by atoms with Gasteiger partial charge in [-0.1, -0.05) is 12.1 Å². The third-order valence-electron chi connectivity index (χ3n) is 1.42. The maximum absolute atomic E-state index is 13.0. The lowest BCUT2D eigenvalue weighted by Crippen LogP contribution is -2.00. The molecule has 0 heterocycles. The summed E-state index contributed by atoms with van der Waals surface area (Å²) in [5.41, 5.74) is 5.65. The smallest absolute Gasteiger partial charge is 0.145 e. The van der Waals surface area contributed by atoms with Gasteiger partial charge in [-0.15, -0.1) is 12.4 Å². The molecule has 0 spiro atoms. The van der Waals surface area contributed by atoms with Gasteiger partial charge in [0.2, 0.25) is 0 Å². The highest BCUT2D eigenvalue weighted by Crippen LogP contribution is 2.10. The average Bonchev–Trinajstić information content (AvgIpc) is 2.05. The van der Waals surface area contributed by atoms with Crippen LogP contribution in [0.1, 0.15) is 11.1 Å². The molecule has 0 aromatic heterocycles. The molecule has 1 aromatic rings. The number of benzene rings is 1. The summed E-state index contributed by atoms with van der Waals surface area (Å²) < 4.78 is 13.0. The summed E-state index contributed by atoms with van der Waals surface area (Å²) in [6, 6.07) is 6.35. The van der Waals surface area contributed by atoms with Gasteiger partial charge in [-0.25, -0.2) is 4.39 Å². The maximum Gasteiger partial charge on any atom is 0.145 e. The molecule has 0 aliphatic heterocycles. The normalized spacial score (nSPS) is 8.42. The summed E-state index contributed by atoms with van der Waals surface area (Å²) in [4.78, 5) is 0. The zero-order chi connectivity index (χ0) is 8.27. The van der Waals surface area contributed by atoms with Crippen LogP contribution in [0.3, 0.4) is 0 Å². The van der Waals surface area contributed by atoms with E-state index in [2.05, 4.69) is 0 Å². The fraction of sp³-hybridized carbons (Fsp3) is 0.125. The van der Waals surface area contributed by atoms with Crippen LogP contribution in [0.25, 0.3) is 0 Å². The highest BCUT2D eigenvalue weighted by atomic mass is 35.5. The molecule has 4 heteroatoms. The summed E-state index contributed by atoms with van der Waals surface area (Å²) >= 11 is 0. The van der Waals surface area contributed by atoms with Crippen LogP contribution in [0.4, 0.5) is 4.39 Å². The van der Waals surface area contributed by atoms with Gasteiger partial charge in [0.05, 0.1) is 5.56 Å². The van der Waals surface area contributed by atoms with Gasteiger partial charge in [0.25, 0.3) is 0 Å². The number of hydrogen-bond donors (Lipinski definition) is 1. The van der Waals surface area contributed by atoms with E-state index in [4.69, 9.17) is 11.0 Å². The molecule has 0 unspecified atom stereocenters. The summed E-state index contributed by atoms with van der Waals surface area (Å²) in [7, 11) is 0. The Morgan fingerprint density at radius 2 is 2.17 bits per heavy atom. The van der Waals surface area contributed by atoms with Crippen LogP contribution < -0.4 is 5.73 Å². The molecule has 0 atom stereocenters. The first-order valence-electron chi connectivity index (χ1n) is 3.17. The lowest BCUT2D eigenvalue weighted by atomic mass is 10.1. The van der Waals surface area contributed by atoms with Crippen molar-refractivity contribution in [1.29, 1.82) is 5.26 Å². The zero-order valence-electron chi connectivity index (χ0n) is 6.25. The first kappa shape index (κ1) is 10.9. The molecule has 0 fully saturated rings. The quantitative estimate of drug-likeness (QED) is 0.724. The minimum Gasteiger partial charge on any atom is -0.326 e. The van der Waals surface area contributed by atoms with Gasteiger partial charge < -0.3 is 5.73 Å². The summed E-state index contributed by atoms with van der Waals surface area (Å²) in [5.74, 6) is -0.502. The summed E-state index contributed by atoms with van der Waals surface area (Å²) in [6.07, 6.45) is 0. The van der Waals surface area contributed by atoms with Crippen molar-refractivity contribution in [3.8, 4) is 6.07 Å². The minimum absolute atomic E-state index is 0. The van der Waals surface area contributed by atoms with Crippen molar-refractivity contribution in [2.75, 3.05) is 0 Å². The van der Waals surface area contributed by atoms with Gasteiger partial charge in [0, 0.05) is 12.1 Å². The highest BCUT2D eigenvalue weighted by molar-refractivity contribution is 5.85. The van der Waals surface area contributed by atoms with E-state index in [0.717, 1.165) is 0 Å². The summed E-state index contributed by atoms with van der Waals surface area (Å²) in [5, 5.41) is 8.41. The van der Waals surface area contributed by atoms with Crippen LogP contribution in [0.2, 0.25) is 0 Å². The lowest BCUT2D eigenvalue weighted by molar-refractivity contribution is 0.607. The molecule has 2 nitrogen and oxygen atoms in total. The van der Waals surface area contributed by atoms with E-state index in [0.29, 0.717) is 5.56 Å². The standard InChI is InChI=1S/C8H7FN2.ClH/c9-8-6(4-10)2-1-3-7(8)5-11;/h1-3H,4,10H2;1H. The Labute approximate surface area is 76.2 Å². The molecule has 0 saturated carbocycles. The van der Waals surface area contributed by atoms with Crippen molar-refractivity contribution in [1.82, 2.24) is 0 Å². The Hall–Kier alpha value is -1.11. The summed E-state index contributed by atoms with van der Waals surface area (Å²) in [6.45, 7) is 0.126. The Kier molecular flexibility index (Phi) is 4.27. The second-order valence-electron chi connectivity index (χ2n) is 2.09. The minimum atomic E-state index is -0.502. The predicted octanol–water partition coefficient (Wildman–Crippen LogP) is 1.58. The molecule has 0 aliphatic rings. The van der Waals surface area contributed by atoms with Gasteiger partial charge in [-0.3, -0.25) is 0 Å². The number of hydrogen-bond acceptors (Lipinski definition) is 2. The monoisotopic (exact) mass is 186 g/mol. The molecule has 0 amide bonds. The maximum atomic E-state index is 13.0. The largest absolute Gasteiger partial charge is 0.326 e. The third kappa shape index (κ3) is 1.94. The predicted molar refractivity (Wildman–Crippen MR) is 46.3 cm³/mol. The number of halogens is 2. The van der Waals surface area contributed by atoms with E-state index < -0.39 is 5.82 Å². The van der Waals surface area contributed by atoms with Crippen LogP contribution >= 0.6 is 12.4 Å². The van der Waals surface area contributed by atoms with Crippen LogP contribution in [0.5, 0.6) is 0 Å². The SMILES string of the molecule is Cl.N#Cc1cccc(CN)c1F. The second-order valence-corrected chi connectivity index (χ2v) is 2.09. The Morgan fingerprint density at radius 3 is 2.67 bits per heavy atom. The van der Waals surface area contributed by atoms with Gasteiger partial charge in [0.1, 0.15) is 11.9 Å². The van der Waals surface area contributed by atoms with Gasteiger partial charge >= 0.3 is 0 Å². The first-order valence-corrected chi connectivity index (χ1v) is 3.17. The van der Waals surface area contributed by atoms with Gasteiger partial charge in [0.15, 0.2) is 0 Å². The van der Waals surface area contributed by atoms with Gasteiger partial charge in [-0.2, -0.15) is 5.26 Å². The third-order valence-corrected chi connectivity index (χ3v) is 1.42.